The zero-order valence-electron chi connectivity index (χ0n) is 9.76. The van der Waals surface area contributed by atoms with Crippen molar-refractivity contribution >= 4 is 5.91 Å². The van der Waals surface area contributed by atoms with Gasteiger partial charge in [-0.1, -0.05) is 12.2 Å². The number of piperidine rings is 1. The van der Waals surface area contributed by atoms with Gasteiger partial charge in [0.15, 0.2) is 0 Å². The first-order chi connectivity index (χ1) is 7.70. The summed E-state index contributed by atoms with van der Waals surface area (Å²) in [6.45, 7) is 1.59. The highest BCUT2D eigenvalue weighted by atomic mass is 16.5. The molecule has 1 aliphatic carbocycles. The Kier molecular flexibility index (Phi) is 3.61. The smallest absolute Gasteiger partial charge is 0.229 e. The molecule has 90 valence electrons. The summed E-state index contributed by atoms with van der Waals surface area (Å²) in [4.78, 5) is 14.1. The molecule has 1 saturated heterocycles. The van der Waals surface area contributed by atoms with Crippen molar-refractivity contribution in [2.45, 2.75) is 31.4 Å². The predicted molar refractivity (Wildman–Crippen MR) is 61.8 cm³/mol. The molecule has 3 unspecified atom stereocenters. The number of carbonyl (C=O) groups is 1. The van der Waals surface area contributed by atoms with Crippen molar-refractivity contribution in [2.24, 2.45) is 11.7 Å². The van der Waals surface area contributed by atoms with Crippen LogP contribution in [-0.2, 0) is 9.53 Å². The van der Waals surface area contributed by atoms with Crippen molar-refractivity contribution in [1.82, 2.24) is 4.90 Å². The van der Waals surface area contributed by atoms with E-state index in [4.69, 9.17) is 10.5 Å². The highest BCUT2D eigenvalue weighted by Crippen LogP contribution is 2.22. The molecule has 0 bridgehead atoms. The van der Waals surface area contributed by atoms with Crippen molar-refractivity contribution in [3.05, 3.63) is 12.2 Å². The number of ether oxygens (including phenoxy) is 1. The molecule has 0 saturated carbocycles. The first-order valence-corrected chi connectivity index (χ1v) is 5.96. The van der Waals surface area contributed by atoms with Crippen LogP contribution in [0.1, 0.15) is 19.3 Å². The average molecular weight is 224 g/mol. The second kappa shape index (κ2) is 4.97. The van der Waals surface area contributed by atoms with E-state index in [1.54, 1.807) is 7.11 Å². The number of hydrogen-bond donors (Lipinski definition) is 1. The van der Waals surface area contributed by atoms with Crippen LogP contribution in [0.3, 0.4) is 0 Å². The van der Waals surface area contributed by atoms with Gasteiger partial charge in [-0.05, 0) is 19.3 Å². The van der Waals surface area contributed by atoms with Crippen molar-refractivity contribution in [2.75, 3.05) is 20.2 Å². The zero-order valence-corrected chi connectivity index (χ0v) is 9.76. The lowest BCUT2D eigenvalue weighted by molar-refractivity contribution is -0.137. The van der Waals surface area contributed by atoms with E-state index in [9.17, 15) is 4.79 Å². The third kappa shape index (κ3) is 2.44. The third-order valence-electron chi connectivity index (χ3n) is 3.46. The van der Waals surface area contributed by atoms with Crippen LogP contribution in [0.5, 0.6) is 0 Å². The number of hydrogen-bond acceptors (Lipinski definition) is 3. The molecule has 0 radical (unpaired) electrons. The van der Waals surface area contributed by atoms with E-state index in [-0.39, 0.29) is 24.0 Å². The van der Waals surface area contributed by atoms with Crippen LogP contribution >= 0.6 is 0 Å². The van der Waals surface area contributed by atoms with E-state index in [0.717, 1.165) is 32.4 Å². The average Bonchev–Trinajstić information content (AvgIpc) is 2.75. The first kappa shape index (κ1) is 11.6. The Balaban J connectivity index is 1.91. The Labute approximate surface area is 96.4 Å². The summed E-state index contributed by atoms with van der Waals surface area (Å²) in [7, 11) is 1.71. The van der Waals surface area contributed by atoms with Gasteiger partial charge in [0.05, 0.1) is 12.0 Å². The van der Waals surface area contributed by atoms with Gasteiger partial charge in [-0.3, -0.25) is 4.79 Å². The molecule has 1 amide bonds. The largest absolute Gasteiger partial charge is 0.380 e. The first-order valence-electron chi connectivity index (χ1n) is 5.96. The molecular formula is C12H20N2O2. The van der Waals surface area contributed by atoms with Gasteiger partial charge in [0.2, 0.25) is 5.91 Å². The monoisotopic (exact) mass is 224 g/mol. The van der Waals surface area contributed by atoms with Gasteiger partial charge < -0.3 is 15.4 Å². The number of nitrogens with two attached hydrogens (primary N) is 1. The normalized spacial score (nSPS) is 34.4. The summed E-state index contributed by atoms with van der Waals surface area (Å²) in [6.07, 6.45) is 6.93. The molecule has 2 N–H and O–H groups in total. The van der Waals surface area contributed by atoms with Crippen molar-refractivity contribution in [1.29, 1.82) is 0 Å². The lowest BCUT2D eigenvalue weighted by Crippen LogP contribution is -2.45. The Hall–Kier alpha value is -0.870. The van der Waals surface area contributed by atoms with Gasteiger partial charge in [-0.2, -0.15) is 0 Å². The topological polar surface area (TPSA) is 55.6 Å². The van der Waals surface area contributed by atoms with Crippen LogP contribution in [0.2, 0.25) is 0 Å². The fourth-order valence-corrected chi connectivity index (χ4v) is 2.48. The highest BCUT2D eigenvalue weighted by molar-refractivity contribution is 5.81. The molecule has 2 aliphatic rings. The standard InChI is InChI=1S/C12H20N2O2/c1-16-11-3-2-6-14(8-11)12(15)9-4-5-10(13)7-9/h4-5,9-11H,2-3,6-8,13H2,1H3. The number of methoxy groups -OCH3 is 1. The molecular weight excluding hydrogens is 204 g/mol. The number of likely N-dealkylation sites (tertiary alicyclic amines) is 1. The molecule has 4 heteroatoms. The lowest BCUT2D eigenvalue weighted by atomic mass is 10.0. The van der Waals surface area contributed by atoms with Crippen LogP contribution in [0.4, 0.5) is 0 Å². The van der Waals surface area contributed by atoms with Crippen molar-refractivity contribution in [3.63, 3.8) is 0 Å². The Bertz CT molecular complexity index is 291. The fraction of sp³-hybridized carbons (Fsp3) is 0.750. The van der Waals surface area contributed by atoms with Crippen LogP contribution in [0, 0.1) is 5.92 Å². The van der Waals surface area contributed by atoms with Crippen LogP contribution in [-0.4, -0.2) is 43.2 Å². The van der Waals surface area contributed by atoms with Crippen LogP contribution in [0.15, 0.2) is 12.2 Å². The summed E-state index contributed by atoms with van der Waals surface area (Å²) in [5, 5.41) is 0. The quantitative estimate of drug-likeness (QED) is 0.696. The maximum atomic E-state index is 12.2. The Morgan fingerprint density at radius 2 is 2.31 bits per heavy atom. The third-order valence-corrected chi connectivity index (χ3v) is 3.46. The zero-order chi connectivity index (χ0) is 11.5. The highest BCUT2D eigenvalue weighted by Gasteiger charge is 2.30. The summed E-state index contributed by atoms with van der Waals surface area (Å²) in [5.74, 6) is 0.205. The second-order valence-corrected chi connectivity index (χ2v) is 4.68. The van der Waals surface area contributed by atoms with Crippen LogP contribution < -0.4 is 5.73 Å². The van der Waals surface area contributed by atoms with E-state index < -0.39 is 0 Å². The molecule has 0 aromatic heterocycles. The van der Waals surface area contributed by atoms with Crippen molar-refractivity contribution < 1.29 is 9.53 Å². The number of nitrogens with zero attached hydrogens (tertiary/aromatic N) is 1. The van der Waals surface area contributed by atoms with Gasteiger partial charge in [0.25, 0.3) is 0 Å². The summed E-state index contributed by atoms with van der Waals surface area (Å²) in [5.41, 5.74) is 5.76. The molecule has 2 rings (SSSR count). The minimum Gasteiger partial charge on any atom is -0.380 e. The maximum absolute atomic E-state index is 12.2. The number of carbonyl (C=O) groups excluding carboxylic acids is 1. The van der Waals surface area contributed by atoms with E-state index in [0.29, 0.717) is 0 Å². The minimum atomic E-state index is -0.00870. The van der Waals surface area contributed by atoms with E-state index in [1.807, 2.05) is 17.1 Å². The molecule has 4 nitrogen and oxygen atoms in total. The molecule has 1 heterocycles. The van der Waals surface area contributed by atoms with Crippen LogP contribution in [0.25, 0.3) is 0 Å². The van der Waals surface area contributed by atoms with Gasteiger partial charge in [0.1, 0.15) is 0 Å². The second-order valence-electron chi connectivity index (χ2n) is 4.68. The number of amides is 1. The molecule has 1 fully saturated rings. The van der Waals surface area contributed by atoms with Gasteiger partial charge >= 0.3 is 0 Å². The van der Waals surface area contributed by atoms with E-state index in [1.165, 1.54) is 0 Å². The fourth-order valence-electron chi connectivity index (χ4n) is 2.48. The Morgan fingerprint density at radius 1 is 1.50 bits per heavy atom. The molecule has 0 aromatic carbocycles. The summed E-state index contributed by atoms with van der Waals surface area (Å²) >= 11 is 0. The van der Waals surface area contributed by atoms with Crippen molar-refractivity contribution in [3.8, 4) is 0 Å². The molecule has 1 aliphatic heterocycles. The van der Waals surface area contributed by atoms with Gasteiger partial charge in [-0.15, -0.1) is 0 Å². The molecule has 3 atom stereocenters. The molecule has 16 heavy (non-hydrogen) atoms. The maximum Gasteiger partial charge on any atom is 0.229 e. The van der Waals surface area contributed by atoms with E-state index in [2.05, 4.69) is 0 Å². The summed E-state index contributed by atoms with van der Waals surface area (Å²) < 4.78 is 5.32. The minimum absolute atomic E-state index is 0.00870. The lowest BCUT2D eigenvalue weighted by Gasteiger charge is -2.33. The van der Waals surface area contributed by atoms with Gasteiger partial charge in [0, 0.05) is 26.2 Å². The Morgan fingerprint density at radius 3 is 2.94 bits per heavy atom. The van der Waals surface area contributed by atoms with Gasteiger partial charge in [-0.25, -0.2) is 0 Å². The predicted octanol–water partition coefficient (Wildman–Crippen LogP) is 0.527. The van der Waals surface area contributed by atoms with E-state index >= 15 is 0 Å². The molecule has 0 aromatic rings. The SMILES string of the molecule is COC1CCCN(C(=O)C2C=CC(N)C2)C1. The summed E-state index contributed by atoms with van der Waals surface area (Å²) in [6, 6.07) is 0.0527. The molecule has 0 spiro atoms. The number of rotatable bonds is 2.